The predicted molar refractivity (Wildman–Crippen MR) is 88.1 cm³/mol. The Bertz CT molecular complexity index is 271. The summed E-state index contributed by atoms with van der Waals surface area (Å²) in [6.07, 6.45) is 9.92. The topological polar surface area (TPSA) is 15.3 Å². The predicted octanol–water partition coefficient (Wildman–Crippen LogP) is 4.05. The van der Waals surface area contributed by atoms with Crippen molar-refractivity contribution in [3.05, 3.63) is 0 Å². The molecule has 2 fully saturated rings. The largest absolute Gasteiger partial charge is 0.311 e. The van der Waals surface area contributed by atoms with Gasteiger partial charge in [-0.2, -0.15) is 0 Å². The van der Waals surface area contributed by atoms with E-state index in [4.69, 9.17) is 0 Å². The van der Waals surface area contributed by atoms with E-state index in [-0.39, 0.29) is 0 Å². The maximum Gasteiger partial charge on any atom is 0.0226 e. The van der Waals surface area contributed by atoms with Crippen LogP contribution in [0.25, 0.3) is 0 Å². The SMILES string of the molecule is CCC(C)C1CN(C2CCCCC2)C(CC(C)C)CN1. The Morgan fingerprint density at radius 1 is 1.10 bits per heavy atom. The van der Waals surface area contributed by atoms with Gasteiger partial charge in [0.1, 0.15) is 0 Å². The molecule has 1 saturated heterocycles. The molecule has 0 bridgehead atoms. The van der Waals surface area contributed by atoms with Gasteiger partial charge < -0.3 is 5.32 Å². The molecule has 118 valence electrons. The molecule has 2 aliphatic rings. The standard InChI is InChI=1S/C18H36N2/c1-5-15(4)18-13-20(16-9-7-6-8-10-16)17(12-19-18)11-14(2)3/h14-19H,5-13H2,1-4H3. The molecular weight excluding hydrogens is 244 g/mol. The smallest absolute Gasteiger partial charge is 0.0226 e. The van der Waals surface area contributed by atoms with Gasteiger partial charge in [-0.3, -0.25) is 4.90 Å². The first-order valence-corrected chi connectivity index (χ1v) is 9.11. The van der Waals surface area contributed by atoms with E-state index in [2.05, 4.69) is 37.9 Å². The normalized spacial score (nSPS) is 31.6. The molecule has 2 heteroatoms. The maximum absolute atomic E-state index is 3.85. The minimum atomic E-state index is 0.713. The second-order valence-corrected chi connectivity index (χ2v) is 7.67. The van der Waals surface area contributed by atoms with E-state index in [1.807, 2.05) is 0 Å². The van der Waals surface area contributed by atoms with Crippen LogP contribution < -0.4 is 5.32 Å². The zero-order valence-electron chi connectivity index (χ0n) is 14.2. The van der Waals surface area contributed by atoms with Crippen molar-refractivity contribution in [3.63, 3.8) is 0 Å². The van der Waals surface area contributed by atoms with Crippen LogP contribution in [0.2, 0.25) is 0 Å². The van der Waals surface area contributed by atoms with Crippen LogP contribution in [-0.4, -0.2) is 36.1 Å². The third-order valence-electron chi connectivity index (χ3n) is 5.61. The van der Waals surface area contributed by atoms with Crippen LogP contribution in [-0.2, 0) is 0 Å². The van der Waals surface area contributed by atoms with E-state index in [0.717, 1.165) is 23.9 Å². The van der Waals surface area contributed by atoms with Crippen molar-refractivity contribution in [2.45, 2.75) is 90.8 Å². The monoisotopic (exact) mass is 280 g/mol. The average molecular weight is 280 g/mol. The van der Waals surface area contributed by atoms with Crippen molar-refractivity contribution < 1.29 is 0 Å². The van der Waals surface area contributed by atoms with Crippen molar-refractivity contribution in [2.24, 2.45) is 11.8 Å². The Labute approximate surface area is 126 Å². The van der Waals surface area contributed by atoms with Crippen molar-refractivity contribution in [2.75, 3.05) is 13.1 Å². The third-order valence-corrected chi connectivity index (χ3v) is 5.61. The highest BCUT2D eigenvalue weighted by Gasteiger charge is 2.34. The Kier molecular flexibility index (Phi) is 6.35. The summed E-state index contributed by atoms with van der Waals surface area (Å²) in [4.78, 5) is 2.91. The lowest BCUT2D eigenvalue weighted by molar-refractivity contribution is 0.0399. The summed E-state index contributed by atoms with van der Waals surface area (Å²) in [5, 5.41) is 3.85. The Balaban J connectivity index is 2.01. The summed E-state index contributed by atoms with van der Waals surface area (Å²) in [5.41, 5.74) is 0. The summed E-state index contributed by atoms with van der Waals surface area (Å²) in [7, 11) is 0. The van der Waals surface area contributed by atoms with Gasteiger partial charge in [0, 0.05) is 31.2 Å². The van der Waals surface area contributed by atoms with Gasteiger partial charge in [-0.1, -0.05) is 53.4 Å². The van der Waals surface area contributed by atoms with E-state index in [0.29, 0.717) is 6.04 Å². The summed E-state index contributed by atoms with van der Waals surface area (Å²) >= 11 is 0. The first-order valence-electron chi connectivity index (χ1n) is 9.11. The quantitative estimate of drug-likeness (QED) is 0.817. The zero-order valence-corrected chi connectivity index (χ0v) is 14.2. The first-order chi connectivity index (χ1) is 9.61. The maximum atomic E-state index is 3.85. The fourth-order valence-electron chi connectivity index (χ4n) is 4.13. The van der Waals surface area contributed by atoms with Crippen LogP contribution in [0.5, 0.6) is 0 Å². The Hall–Kier alpha value is -0.0800. The second kappa shape index (κ2) is 7.79. The summed E-state index contributed by atoms with van der Waals surface area (Å²) in [6, 6.07) is 2.37. The number of rotatable bonds is 5. The second-order valence-electron chi connectivity index (χ2n) is 7.67. The number of hydrogen-bond donors (Lipinski definition) is 1. The molecule has 1 N–H and O–H groups in total. The highest BCUT2D eigenvalue weighted by atomic mass is 15.3. The number of nitrogens with zero attached hydrogens (tertiary/aromatic N) is 1. The fraction of sp³-hybridized carbons (Fsp3) is 1.00. The molecule has 3 atom stereocenters. The summed E-state index contributed by atoms with van der Waals surface area (Å²) < 4.78 is 0. The van der Waals surface area contributed by atoms with Gasteiger partial charge in [-0.25, -0.2) is 0 Å². The van der Waals surface area contributed by atoms with Gasteiger partial charge in [0.2, 0.25) is 0 Å². The number of nitrogens with one attached hydrogen (secondary N) is 1. The highest BCUT2D eigenvalue weighted by molar-refractivity contribution is 4.92. The van der Waals surface area contributed by atoms with Gasteiger partial charge in [-0.05, 0) is 31.1 Å². The van der Waals surface area contributed by atoms with E-state index in [9.17, 15) is 0 Å². The third kappa shape index (κ3) is 4.21. The van der Waals surface area contributed by atoms with E-state index >= 15 is 0 Å². The molecule has 20 heavy (non-hydrogen) atoms. The molecular formula is C18H36N2. The van der Waals surface area contributed by atoms with E-state index in [1.54, 1.807) is 0 Å². The Morgan fingerprint density at radius 2 is 1.80 bits per heavy atom. The molecule has 2 nitrogen and oxygen atoms in total. The van der Waals surface area contributed by atoms with Crippen LogP contribution in [0.4, 0.5) is 0 Å². The molecule has 0 aromatic rings. The molecule has 0 spiro atoms. The molecule has 3 unspecified atom stereocenters. The summed E-state index contributed by atoms with van der Waals surface area (Å²) in [5.74, 6) is 1.62. The lowest BCUT2D eigenvalue weighted by atomic mass is 9.87. The Morgan fingerprint density at radius 3 is 2.40 bits per heavy atom. The van der Waals surface area contributed by atoms with Gasteiger partial charge in [0.25, 0.3) is 0 Å². The lowest BCUT2D eigenvalue weighted by Gasteiger charge is -2.47. The molecule has 2 rings (SSSR count). The van der Waals surface area contributed by atoms with Gasteiger partial charge in [0.05, 0.1) is 0 Å². The molecule has 1 heterocycles. The fourth-order valence-corrected chi connectivity index (χ4v) is 4.13. The molecule has 0 amide bonds. The average Bonchev–Trinajstić information content (AvgIpc) is 2.47. The molecule has 0 radical (unpaired) electrons. The van der Waals surface area contributed by atoms with Crippen LogP contribution in [0.1, 0.15) is 72.6 Å². The molecule has 0 aromatic heterocycles. The van der Waals surface area contributed by atoms with Crippen molar-refractivity contribution in [1.29, 1.82) is 0 Å². The van der Waals surface area contributed by atoms with Crippen molar-refractivity contribution in [1.82, 2.24) is 10.2 Å². The lowest BCUT2D eigenvalue weighted by Crippen LogP contribution is -2.61. The summed E-state index contributed by atoms with van der Waals surface area (Å²) in [6.45, 7) is 12.0. The molecule has 1 aliphatic carbocycles. The minimum absolute atomic E-state index is 0.713. The first kappa shape index (κ1) is 16.3. The van der Waals surface area contributed by atoms with Crippen molar-refractivity contribution >= 4 is 0 Å². The molecule has 0 aromatic carbocycles. The molecule has 1 aliphatic heterocycles. The number of hydrogen-bond acceptors (Lipinski definition) is 2. The zero-order chi connectivity index (χ0) is 14.5. The van der Waals surface area contributed by atoms with Gasteiger partial charge in [0.15, 0.2) is 0 Å². The van der Waals surface area contributed by atoms with Crippen molar-refractivity contribution in [3.8, 4) is 0 Å². The van der Waals surface area contributed by atoms with Crippen LogP contribution in [0, 0.1) is 11.8 Å². The van der Waals surface area contributed by atoms with Gasteiger partial charge >= 0.3 is 0 Å². The number of piperazine rings is 1. The van der Waals surface area contributed by atoms with E-state index in [1.165, 1.54) is 58.0 Å². The van der Waals surface area contributed by atoms with Crippen LogP contribution in [0.15, 0.2) is 0 Å². The van der Waals surface area contributed by atoms with Gasteiger partial charge in [-0.15, -0.1) is 0 Å². The minimum Gasteiger partial charge on any atom is -0.311 e. The van der Waals surface area contributed by atoms with Crippen LogP contribution >= 0.6 is 0 Å². The molecule has 1 saturated carbocycles. The highest BCUT2D eigenvalue weighted by Crippen LogP contribution is 2.29. The van der Waals surface area contributed by atoms with E-state index < -0.39 is 0 Å². The van der Waals surface area contributed by atoms with Crippen LogP contribution in [0.3, 0.4) is 0 Å².